The van der Waals surface area contributed by atoms with Crippen LogP contribution in [0.25, 0.3) is 0 Å². The number of rotatable bonds is 5. The zero-order chi connectivity index (χ0) is 12.0. The standard InChI is InChI=1S/C9H11F3N2O2/c10-9(11,12)6-15-4-5-16-7-2-1-3-14-8(7)13/h1-3H,4-6H2,(H2,13,14). The van der Waals surface area contributed by atoms with Gasteiger partial charge in [0.05, 0.1) is 6.61 Å². The van der Waals surface area contributed by atoms with Crippen LogP contribution in [0.2, 0.25) is 0 Å². The summed E-state index contributed by atoms with van der Waals surface area (Å²) >= 11 is 0. The summed E-state index contributed by atoms with van der Waals surface area (Å²) in [4.78, 5) is 3.75. The highest BCUT2D eigenvalue weighted by molar-refractivity contribution is 5.44. The van der Waals surface area contributed by atoms with E-state index in [0.29, 0.717) is 5.75 Å². The Hall–Kier alpha value is -1.50. The highest BCUT2D eigenvalue weighted by atomic mass is 19.4. The van der Waals surface area contributed by atoms with Gasteiger partial charge in [-0.25, -0.2) is 4.98 Å². The number of hydrogen-bond donors (Lipinski definition) is 1. The van der Waals surface area contributed by atoms with Gasteiger partial charge in [0.15, 0.2) is 11.6 Å². The first-order valence-electron chi connectivity index (χ1n) is 4.47. The van der Waals surface area contributed by atoms with E-state index in [-0.39, 0.29) is 19.0 Å². The molecule has 1 heterocycles. The number of alkyl halides is 3. The fourth-order valence-electron chi connectivity index (χ4n) is 0.923. The van der Waals surface area contributed by atoms with Crippen molar-refractivity contribution in [3.63, 3.8) is 0 Å². The predicted molar refractivity (Wildman–Crippen MR) is 51.0 cm³/mol. The average molecular weight is 236 g/mol. The topological polar surface area (TPSA) is 57.4 Å². The molecule has 0 fully saturated rings. The molecule has 16 heavy (non-hydrogen) atoms. The van der Waals surface area contributed by atoms with Gasteiger partial charge in [-0.1, -0.05) is 0 Å². The van der Waals surface area contributed by atoms with E-state index in [1.54, 1.807) is 12.1 Å². The number of nitrogen functional groups attached to an aromatic ring is 1. The molecule has 4 nitrogen and oxygen atoms in total. The number of pyridine rings is 1. The zero-order valence-electron chi connectivity index (χ0n) is 8.33. The molecule has 90 valence electrons. The Bertz CT molecular complexity index is 331. The van der Waals surface area contributed by atoms with E-state index in [1.165, 1.54) is 6.20 Å². The summed E-state index contributed by atoms with van der Waals surface area (Å²) in [5.74, 6) is 0.524. The lowest BCUT2D eigenvalue weighted by atomic mass is 10.4. The lowest BCUT2D eigenvalue weighted by Crippen LogP contribution is -2.19. The molecule has 2 N–H and O–H groups in total. The number of ether oxygens (including phenoxy) is 2. The molecule has 0 aliphatic carbocycles. The van der Waals surface area contributed by atoms with E-state index >= 15 is 0 Å². The molecule has 0 aliphatic heterocycles. The molecule has 0 amide bonds. The van der Waals surface area contributed by atoms with E-state index in [9.17, 15) is 13.2 Å². The van der Waals surface area contributed by atoms with Crippen molar-refractivity contribution in [3.05, 3.63) is 18.3 Å². The minimum Gasteiger partial charge on any atom is -0.487 e. The SMILES string of the molecule is Nc1ncccc1OCCOCC(F)(F)F. The summed E-state index contributed by atoms with van der Waals surface area (Å²) in [6.45, 7) is -1.45. The normalized spacial score (nSPS) is 11.4. The van der Waals surface area contributed by atoms with Crippen LogP contribution < -0.4 is 10.5 Å². The molecule has 0 aliphatic rings. The molecule has 1 rings (SSSR count). The molecule has 1 aromatic heterocycles. The summed E-state index contributed by atoms with van der Waals surface area (Å²) in [6.07, 6.45) is -2.82. The van der Waals surface area contributed by atoms with Crippen LogP contribution in [0.1, 0.15) is 0 Å². The maximum absolute atomic E-state index is 11.7. The molecular weight excluding hydrogens is 225 g/mol. The molecule has 0 radical (unpaired) electrons. The molecule has 7 heteroatoms. The fraction of sp³-hybridized carbons (Fsp3) is 0.444. The Morgan fingerprint density at radius 3 is 2.69 bits per heavy atom. The number of nitrogens with zero attached hydrogens (tertiary/aromatic N) is 1. The van der Waals surface area contributed by atoms with E-state index < -0.39 is 12.8 Å². The Morgan fingerprint density at radius 2 is 2.06 bits per heavy atom. The van der Waals surface area contributed by atoms with Crippen molar-refractivity contribution in [2.24, 2.45) is 0 Å². The van der Waals surface area contributed by atoms with Gasteiger partial charge < -0.3 is 15.2 Å². The molecule has 0 bridgehead atoms. The quantitative estimate of drug-likeness (QED) is 0.789. The van der Waals surface area contributed by atoms with Crippen LogP contribution in [-0.4, -0.2) is 31.0 Å². The van der Waals surface area contributed by atoms with Crippen LogP contribution in [0.4, 0.5) is 19.0 Å². The average Bonchev–Trinajstić information content (AvgIpc) is 2.18. The van der Waals surface area contributed by atoms with Gasteiger partial charge >= 0.3 is 6.18 Å². The largest absolute Gasteiger partial charge is 0.487 e. The van der Waals surface area contributed by atoms with Crippen LogP contribution in [0, 0.1) is 0 Å². The molecule has 1 aromatic rings. The summed E-state index contributed by atoms with van der Waals surface area (Å²) in [5.41, 5.74) is 5.45. The van der Waals surface area contributed by atoms with Gasteiger partial charge in [-0.3, -0.25) is 0 Å². The van der Waals surface area contributed by atoms with Gasteiger partial charge in [0.25, 0.3) is 0 Å². The minimum absolute atomic E-state index is 0.00796. The van der Waals surface area contributed by atoms with Crippen LogP contribution in [-0.2, 0) is 4.74 Å². The van der Waals surface area contributed by atoms with Gasteiger partial charge in [0, 0.05) is 6.20 Å². The number of nitrogens with two attached hydrogens (primary N) is 1. The van der Waals surface area contributed by atoms with Gasteiger partial charge in [0.2, 0.25) is 0 Å². The molecule has 0 aromatic carbocycles. The highest BCUT2D eigenvalue weighted by Gasteiger charge is 2.27. The predicted octanol–water partition coefficient (Wildman–Crippen LogP) is 1.62. The third-order valence-corrected chi connectivity index (χ3v) is 1.55. The van der Waals surface area contributed by atoms with Crippen molar-refractivity contribution < 1.29 is 22.6 Å². The molecule has 0 saturated carbocycles. The Labute approximate surface area is 90.2 Å². The zero-order valence-corrected chi connectivity index (χ0v) is 8.33. The van der Waals surface area contributed by atoms with Gasteiger partial charge in [-0.2, -0.15) is 13.2 Å². The number of hydrogen-bond acceptors (Lipinski definition) is 4. The monoisotopic (exact) mass is 236 g/mol. The maximum atomic E-state index is 11.7. The molecule has 0 saturated heterocycles. The maximum Gasteiger partial charge on any atom is 0.411 e. The Balaban J connectivity index is 2.19. The smallest absolute Gasteiger partial charge is 0.411 e. The summed E-state index contributed by atoms with van der Waals surface area (Å²) in [6, 6.07) is 3.19. The number of anilines is 1. The van der Waals surface area contributed by atoms with Crippen LogP contribution in [0.3, 0.4) is 0 Å². The first-order chi connectivity index (χ1) is 7.49. The van der Waals surface area contributed by atoms with Crippen molar-refractivity contribution in [2.45, 2.75) is 6.18 Å². The lowest BCUT2D eigenvalue weighted by Gasteiger charge is -2.09. The summed E-state index contributed by atoms with van der Waals surface area (Å²) in [5, 5.41) is 0. The second-order valence-electron chi connectivity index (χ2n) is 2.90. The molecule has 0 unspecified atom stereocenters. The van der Waals surface area contributed by atoms with Crippen molar-refractivity contribution in [1.29, 1.82) is 0 Å². The Kier molecular flexibility index (Phi) is 4.36. The fourth-order valence-corrected chi connectivity index (χ4v) is 0.923. The second kappa shape index (κ2) is 5.55. The third-order valence-electron chi connectivity index (χ3n) is 1.55. The van der Waals surface area contributed by atoms with Gasteiger partial charge in [0.1, 0.15) is 13.2 Å². The molecular formula is C9H11F3N2O2. The van der Waals surface area contributed by atoms with Crippen molar-refractivity contribution in [3.8, 4) is 5.75 Å². The molecule has 0 spiro atoms. The lowest BCUT2D eigenvalue weighted by molar-refractivity contribution is -0.175. The van der Waals surface area contributed by atoms with Crippen LogP contribution in [0.5, 0.6) is 5.75 Å². The van der Waals surface area contributed by atoms with E-state index in [2.05, 4.69) is 9.72 Å². The van der Waals surface area contributed by atoms with Crippen LogP contribution in [0.15, 0.2) is 18.3 Å². The second-order valence-corrected chi connectivity index (χ2v) is 2.90. The van der Waals surface area contributed by atoms with E-state index in [4.69, 9.17) is 10.5 Å². The summed E-state index contributed by atoms with van der Waals surface area (Å²) in [7, 11) is 0. The first kappa shape index (κ1) is 12.6. The Morgan fingerprint density at radius 1 is 1.31 bits per heavy atom. The van der Waals surface area contributed by atoms with Gasteiger partial charge in [-0.15, -0.1) is 0 Å². The highest BCUT2D eigenvalue weighted by Crippen LogP contribution is 2.17. The third kappa shape index (κ3) is 4.83. The van der Waals surface area contributed by atoms with Crippen molar-refractivity contribution in [2.75, 3.05) is 25.6 Å². The van der Waals surface area contributed by atoms with Gasteiger partial charge in [-0.05, 0) is 12.1 Å². The number of aromatic nitrogens is 1. The first-order valence-corrected chi connectivity index (χ1v) is 4.47. The van der Waals surface area contributed by atoms with E-state index in [0.717, 1.165) is 0 Å². The van der Waals surface area contributed by atoms with Crippen molar-refractivity contribution >= 4 is 5.82 Å². The number of halogens is 3. The van der Waals surface area contributed by atoms with Crippen LogP contribution >= 0.6 is 0 Å². The summed E-state index contributed by atoms with van der Waals surface area (Å²) < 4.78 is 44.4. The molecule has 0 atom stereocenters. The van der Waals surface area contributed by atoms with Crippen molar-refractivity contribution in [1.82, 2.24) is 4.98 Å². The van der Waals surface area contributed by atoms with E-state index in [1.807, 2.05) is 0 Å². The minimum atomic E-state index is -4.31.